The first kappa shape index (κ1) is 5.80. The van der Waals surface area contributed by atoms with E-state index in [0.29, 0.717) is 5.75 Å². The van der Waals surface area contributed by atoms with Crippen LogP contribution in [0.15, 0.2) is 10.7 Å². The monoisotopic (exact) mass is 139 g/mol. The number of hydrogen-bond acceptors (Lipinski definition) is 3. The molecule has 1 aliphatic rings. The quantitative estimate of drug-likeness (QED) is 0.554. The van der Waals surface area contributed by atoms with Gasteiger partial charge in [0.1, 0.15) is 12.0 Å². The molecule has 0 saturated carbocycles. The highest BCUT2D eigenvalue weighted by Gasteiger charge is 2.15. The molecule has 0 radical (unpaired) electrons. The van der Waals surface area contributed by atoms with Crippen LogP contribution in [-0.4, -0.2) is 11.7 Å². The van der Waals surface area contributed by atoms with Gasteiger partial charge in [0, 0.05) is 5.56 Å². The molecule has 3 heteroatoms. The van der Waals surface area contributed by atoms with Gasteiger partial charge in [-0.05, 0) is 13.0 Å². The van der Waals surface area contributed by atoms with Crippen molar-refractivity contribution < 1.29 is 9.52 Å². The Hall–Kier alpha value is -0.960. The van der Waals surface area contributed by atoms with E-state index in [2.05, 4.69) is 5.32 Å². The van der Waals surface area contributed by atoms with Crippen molar-refractivity contribution in [2.75, 3.05) is 6.54 Å². The molecule has 2 N–H and O–H groups in total. The van der Waals surface area contributed by atoms with Gasteiger partial charge in [-0.2, -0.15) is 0 Å². The topological polar surface area (TPSA) is 45.4 Å². The summed E-state index contributed by atoms with van der Waals surface area (Å²) in [5, 5.41) is 12.3. The van der Waals surface area contributed by atoms with Crippen LogP contribution in [-0.2, 0) is 13.0 Å². The Labute approximate surface area is 58.7 Å². The molecule has 0 unspecified atom stereocenters. The van der Waals surface area contributed by atoms with Crippen molar-refractivity contribution >= 4 is 0 Å². The van der Waals surface area contributed by atoms with Gasteiger partial charge in [0.25, 0.3) is 0 Å². The van der Waals surface area contributed by atoms with Gasteiger partial charge in [-0.15, -0.1) is 0 Å². The average molecular weight is 139 g/mol. The third kappa shape index (κ3) is 0.708. The summed E-state index contributed by atoms with van der Waals surface area (Å²) in [6.07, 6.45) is 2.27. The van der Waals surface area contributed by atoms with Crippen LogP contribution in [0.1, 0.15) is 11.3 Å². The number of fused-ring (bicyclic) bond motifs is 1. The largest absolute Gasteiger partial charge is 0.504 e. The smallest absolute Gasteiger partial charge is 0.157 e. The summed E-state index contributed by atoms with van der Waals surface area (Å²) in [5.41, 5.74) is 0.971. The van der Waals surface area contributed by atoms with E-state index in [-0.39, 0.29) is 0 Å². The Balaban J connectivity index is 2.45. The van der Waals surface area contributed by atoms with E-state index in [9.17, 15) is 5.11 Å². The maximum atomic E-state index is 9.17. The minimum absolute atomic E-state index is 0.302. The van der Waals surface area contributed by atoms with Crippen LogP contribution >= 0.6 is 0 Å². The first-order valence-corrected chi connectivity index (χ1v) is 3.37. The zero-order chi connectivity index (χ0) is 6.97. The van der Waals surface area contributed by atoms with E-state index in [1.54, 1.807) is 0 Å². The number of aromatic hydroxyl groups is 1. The van der Waals surface area contributed by atoms with Crippen LogP contribution in [0.2, 0.25) is 0 Å². The Kier molecular flexibility index (Phi) is 1.17. The third-order valence-corrected chi connectivity index (χ3v) is 1.80. The molecular weight excluding hydrogens is 130 g/mol. The normalized spacial score (nSPS) is 16.8. The van der Waals surface area contributed by atoms with Gasteiger partial charge in [-0.3, -0.25) is 0 Å². The first-order valence-electron chi connectivity index (χ1n) is 3.37. The second-order valence-electron chi connectivity index (χ2n) is 2.45. The van der Waals surface area contributed by atoms with Crippen LogP contribution in [0.25, 0.3) is 0 Å². The van der Waals surface area contributed by atoms with Crippen LogP contribution in [0.5, 0.6) is 5.75 Å². The number of furan rings is 1. The molecule has 0 spiro atoms. The standard InChI is InChI=1S/C7H9NO2/c9-6-4-10-7-3-8-2-1-5(6)7/h4,8-9H,1-3H2. The highest BCUT2D eigenvalue weighted by Crippen LogP contribution is 2.25. The van der Waals surface area contributed by atoms with Crippen LogP contribution in [0, 0.1) is 0 Å². The molecule has 2 heterocycles. The third-order valence-electron chi connectivity index (χ3n) is 1.80. The van der Waals surface area contributed by atoms with Gasteiger partial charge in [0.15, 0.2) is 5.75 Å². The fourth-order valence-electron chi connectivity index (χ4n) is 1.24. The van der Waals surface area contributed by atoms with Gasteiger partial charge < -0.3 is 14.8 Å². The van der Waals surface area contributed by atoms with Gasteiger partial charge in [-0.1, -0.05) is 0 Å². The first-order chi connectivity index (χ1) is 4.88. The van der Waals surface area contributed by atoms with Gasteiger partial charge in [0.2, 0.25) is 0 Å². The Morgan fingerprint density at radius 1 is 1.60 bits per heavy atom. The summed E-state index contributed by atoms with van der Waals surface area (Å²) in [7, 11) is 0. The second-order valence-corrected chi connectivity index (χ2v) is 2.45. The van der Waals surface area contributed by atoms with Crippen molar-refractivity contribution in [2.24, 2.45) is 0 Å². The minimum atomic E-state index is 0.302. The fourth-order valence-corrected chi connectivity index (χ4v) is 1.24. The lowest BCUT2D eigenvalue weighted by Crippen LogP contribution is -2.22. The molecule has 0 aromatic carbocycles. The van der Waals surface area contributed by atoms with E-state index in [4.69, 9.17) is 4.42 Å². The molecule has 2 rings (SSSR count). The van der Waals surface area contributed by atoms with Crippen molar-refractivity contribution in [3.05, 3.63) is 17.6 Å². The van der Waals surface area contributed by atoms with Gasteiger partial charge in [0.05, 0.1) is 6.54 Å². The van der Waals surface area contributed by atoms with Crippen molar-refractivity contribution in [3.8, 4) is 5.75 Å². The van der Waals surface area contributed by atoms with Crippen LogP contribution < -0.4 is 5.32 Å². The molecule has 0 fully saturated rings. The molecule has 0 aliphatic carbocycles. The predicted octanol–water partition coefficient (Wildman–Crippen LogP) is 0.631. The summed E-state index contributed by atoms with van der Waals surface area (Å²) < 4.78 is 5.07. The lowest BCUT2D eigenvalue weighted by Gasteiger charge is -2.10. The molecule has 1 aromatic heterocycles. The molecule has 1 aromatic rings. The minimum Gasteiger partial charge on any atom is -0.504 e. The number of hydrogen-bond donors (Lipinski definition) is 2. The maximum absolute atomic E-state index is 9.17. The van der Waals surface area contributed by atoms with Gasteiger partial charge >= 0.3 is 0 Å². The predicted molar refractivity (Wildman–Crippen MR) is 35.8 cm³/mol. The summed E-state index contributed by atoms with van der Waals surface area (Å²) in [5.74, 6) is 1.18. The highest BCUT2D eigenvalue weighted by molar-refractivity contribution is 5.34. The molecule has 54 valence electrons. The van der Waals surface area contributed by atoms with Crippen molar-refractivity contribution in [1.82, 2.24) is 5.32 Å². The summed E-state index contributed by atoms with van der Waals surface area (Å²) in [6, 6.07) is 0. The van der Waals surface area contributed by atoms with E-state index in [1.807, 2.05) is 0 Å². The number of nitrogens with one attached hydrogen (secondary N) is 1. The van der Waals surface area contributed by atoms with Crippen molar-refractivity contribution in [1.29, 1.82) is 0 Å². The second kappa shape index (κ2) is 2.02. The molecule has 10 heavy (non-hydrogen) atoms. The van der Waals surface area contributed by atoms with E-state index in [1.165, 1.54) is 6.26 Å². The molecule has 0 atom stereocenters. The Morgan fingerprint density at radius 2 is 2.50 bits per heavy atom. The van der Waals surface area contributed by atoms with E-state index < -0.39 is 0 Å². The average Bonchev–Trinajstić information content (AvgIpc) is 2.34. The summed E-state index contributed by atoms with van der Waals surface area (Å²) >= 11 is 0. The Morgan fingerprint density at radius 3 is 3.30 bits per heavy atom. The van der Waals surface area contributed by atoms with Crippen LogP contribution in [0.3, 0.4) is 0 Å². The zero-order valence-electron chi connectivity index (χ0n) is 5.55. The lowest BCUT2D eigenvalue weighted by molar-refractivity contribution is 0.448. The molecule has 1 aliphatic heterocycles. The lowest BCUT2D eigenvalue weighted by atomic mass is 10.1. The van der Waals surface area contributed by atoms with E-state index >= 15 is 0 Å². The van der Waals surface area contributed by atoms with Gasteiger partial charge in [-0.25, -0.2) is 0 Å². The van der Waals surface area contributed by atoms with Crippen molar-refractivity contribution in [2.45, 2.75) is 13.0 Å². The fraction of sp³-hybridized carbons (Fsp3) is 0.429. The molecule has 0 amide bonds. The summed E-state index contributed by atoms with van der Waals surface area (Å²) in [4.78, 5) is 0. The molecule has 0 bridgehead atoms. The summed E-state index contributed by atoms with van der Waals surface area (Å²) in [6.45, 7) is 1.68. The SMILES string of the molecule is Oc1coc2c1CCNC2. The molecule has 0 saturated heterocycles. The highest BCUT2D eigenvalue weighted by atomic mass is 16.4. The van der Waals surface area contributed by atoms with E-state index in [0.717, 1.165) is 30.8 Å². The molecule has 3 nitrogen and oxygen atoms in total. The zero-order valence-corrected chi connectivity index (χ0v) is 5.55. The molecular formula is C7H9NO2. The van der Waals surface area contributed by atoms with Crippen molar-refractivity contribution in [3.63, 3.8) is 0 Å². The Bertz CT molecular complexity index is 242. The maximum Gasteiger partial charge on any atom is 0.157 e. The number of rotatable bonds is 0. The van der Waals surface area contributed by atoms with Crippen LogP contribution in [0.4, 0.5) is 0 Å².